The van der Waals surface area contributed by atoms with Gasteiger partial charge in [-0.2, -0.15) is 4.37 Å². The van der Waals surface area contributed by atoms with E-state index in [4.69, 9.17) is 9.47 Å². The van der Waals surface area contributed by atoms with Crippen LogP contribution in [0.25, 0.3) is 10.2 Å². The normalized spacial score (nSPS) is 15.6. The van der Waals surface area contributed by atoms with Crippen LogP contribution in [0.5, 0.6) is 11.5 Å². The number of pyridine rings is 1. The number of rotatable bonds is 6. The van der Waals surface area contributed by atoms with Crippen LogP contribution >= 0.6 is 11.5 Å². The Labute approximate surface area is 154 Å². The number of para-hydroxylation sites is 2. The lowest BCUT2D eigenvalue weighted by molar-refractivity contribution is -0.130. The molecular weight excluding hydrogens is 352 g/mol. The lowest BCUT2D eigenvalue weighted by atomic mass is 10.2. The summed E-state index contributed by atoms with van der Waals surface area (Å²) in [5.74, 6) is 1.95. The molecule has 0 fully saturated rings. The summed E-state index contributed by atoms with van der Waals surface area (Å²) in [5, 5.41) is 7.19. The molecule has 4 rings (SSSR count). The first-order valence-electron chi connectivity index (χ1n) is 8.42. The van der Waals surface area contributed by atoms with Crippen LogP contribution in [0.2, 0.25) is 0 Å². The minimum Gasteiger partial charge on any atom is -0.485 e. The van der Waals surface area contributed by atoms with Gasteiger partial charge in [-0.1, -0.05) is 12.1 Å². The summed E-state index contributed by atoms with van der Waals surface area (Å²) in [4.78, 5) is 17.4. The molecule has 26 heavy (non-hydrogen) atoms. The first kappa shape index (κ1) is 16.6. The monoisotopic (exact) mass is 370 g/mol. The van der Waals surface area contributed by atoms with Crippen molar-refractivity contribution in [2.75, 3.05) is 25.0 Å². The van der Waals surface area contributed by atoms with Gasteiger partial charge < -0.3 is 20.1 Å². The Hall–Kier alpha value is -2.87. The molecule has 0 aliphatic carbocycles. The molecule has 1 atom stereocenters. The van der Waals surface area contributed by atoms with Gasteiger partial charge in [0.1, 0.15) is 17.3 Å². The molecule has 7 nitrogen and oxygen atoms in total. The van der Waals surface area contributed by atoms with E-state index in [1.165, 1.54) is 11.5 Å². The maximum absolute atomic E-state index is 12.2. The first-order chi connectivity index (χ1) is 12.8. The number of nitrogens with zero attached hydrogens (tertiary/aromatic N) is 2. The Morgan fingerprint density at radius 3 is 3.00 bits per heavy atom. The van der Waals surface area contributed by atoms with Crippen molar-refractivity contribution in [2.45, 2.75) is 12.5 Å². The van der Waals surface area contributed by atoms with Crippen LogP contribution in [0.15, 0.2) is 42.6 Å². The summed E-state index contributed by atoms with van der Waals surface area (Å²) < 4.78 is 15.6. The summed E-state index contributed by atoms with van der Waals surface area (Å²) in [6.07, 6.45) is 1.91. The number of benzene rings is 1. The average molecular weight is 370 g/mol. The van der Waals surface area contributed by atoms with Gasteiger partial charge in [0.05, 0.1) is 5.39 Å². The highest BCUT2D eigenvalue weighted by Crippen LogP contribution is 2.30. The van der Waals surface area contributed by atoms with E-state index in [1.807, 2.05) is 30.3 Å². The third-order valence-corrected chi connectivity index (χ3v) is 4.77. The highest BCUT2D eigenvalue weighted by molar-refractivity contribution is 7.13. The molecule has 1 unspecified atom stereocenters. The van der Waals surface area contributed by atoms with E-state index >= 15 is 0 Å². The fraction of sp³-hybridized carbons (Fsp3) is 0.278. The third kappa shape index (κ3) is 3.55. The van der Waals surface area contributed by atoms with Crippen molar-refractivity contribution in [3.8, 4) is 11.5 Å². The van der Waals surface area contributed by atoms with E-state index < -0.39 is 6.10 Å². The van der Waals surface area contributed by atoms with Crippen LogP contribution in [0, 0.1) is 0 Å². The third-order valence-electron chi connectivity index (χ3n) is 4.00. The molecule has 0 bridgehead atoms. The standard InChI is InChI=1S/C18H18N4O3S/c23-17(15-11-24-13-6-1-2-7-14(13)25-15)20-10-4-9-19-16-12-5-3-8-21-18(12)26-22-16/h1-3,5-8,15H,4,9-11H2,(H,19,22)(H,20,23). The van der Waals surface area contributed by atoms with E-state index in [1.54, 1.807) is 12.3 Å². The lowest BCUT2D eigenvalue weighted by Crippen LogP contribution is -2.44. The smallest absolute Gasteiger partial charge is 0.264 e. The Kier molecular flexibility index (Phi) is 4.83. The fourth-order valence-electron chi connectivity index (χ4n) is 2.68. The molecule has 3 aromatic rings. The number of aromatic nitrogens is 2. The van der Waals surface area contributed by atoms with Crippen molar-refractivity contribution < 1.29 is 14.3 Å². The number of fused-ring (bicyclic) bond motifs is 2. The van der Waals surface area contributed by atoms with Crippen molar-refractivity contribution in [3.05, 3.63) is 42.6 Å². The highest BCUT2D eigenvalue weighted by atomic mass is 32.1. The SMILES string of the molecule is O=C(NCCCNc1nsc2ncccc12)C1COc2ccccc2O1. The van der Waals surface area contributed by atoms with Gasteiger partial charge in [0.15, 0.2) is 11.5 Å². The number of hydrogen-bond donors (Lipinski definition) is 2. The number of ether oxygens (including phenoxy) is 2. The van der Waals surface area contributed by atoms with Crippen molar-refractivity contribution in [1.82, 2.24) is 14.7 Å². The molecule has 1 aromatic carbocycles. The number of amides is 1. The molecule has 1 aliphatic heterocycles. The van der Waals surface area contributed by atoms with E-state index in [9.17, 15) is 4.79 Å². The number of hydrogen-bond acceptors (Lipinski definition) is 7. The molecule has 0 radical (unpaired) electrons. The largest absolute Gasteiger partial charge is 0.485 e. The van der Waals surface area contributed by atoms with Gasteiger partial charge >= 0.3 is 0 Å². The Balaban J connectivity index is 1.21. The number of nitrogens with one attached hydrogen (secondary N) is 2. The second-order valence-corrected chi connectivity index (χ2v) is 6.57. The molecule has 8 heteroatoms. The topological polar surface area (TPSA) is 85.4 Å². The zero-order valence-corrected chi connectivity index (χ0v) is 14.8. The zero-order chi connectivity index (χ0) is 17.8. The zero-order valence-electron chi connectivity index (χ0n) is 14.0. The molecule has 1 aliphatic rings. The second kappa shape index (κ2) is 7.57. The second-order valence-electron chi connectivity index (χ2n) is 5.82. The fourth-order valence-corrected chi connectivity index (χ4v) is 3.39. The van der Waals surface area contributed by atoms with E-state index in [0.29, 0.717) is 24.6 Å². The predicted molar refractivity (Wildman–Crippen MR) is 99.9 cm³/mol. The average Bonchev–Trinajstić information content (AvgIpc) is 3.10. The van der Waals surface area contributed by atoms with Gasteiger partial charge in [0.2, 0.25) is 6.10 Å². The van der Waals surface area contributed by atoms with Gasteiger partial charge in [0, 0.05) is 19.3 Å². The summed E-state index contributed by atoms with van der Waals surface area (Å²) in [5.41, 5.74) is 0. The van der Waals surface area contributed by atoms with E-state index in [0.717, 1.165) is 22.5 Å². The predicted octanol–water partition coefficient (Wildman–Crippen LogP) is 2.45. The molecule has 3 heterocycles. The van der Waals surface area contributed by atoms with Crippen LogP contribution in [0.1, 0.15) is 6.42 Å². The number of carbonyl (C=O) groups is 1. The van der Waals surface area contributed by atoms with Crippen LogP contribution in [0.4, 0.5) is 5.82 Å². The Morgan fingerprint density at radius 1 is 1.19 bits per heavy atom. The van der Waals surface area contributed by atoms with E-state index in [2.05, 4.69) is 20.0 Å². The molecule has 1 amide bonds. The van der Waals surface area contributed by atoms with Crippen molar-refractivity contribution >= 4 is 33.5 Å². The van der Waals surface area contributed by atoms with Crippen molar-refractivity contribution in [1.29, 1.82) is 0 Å². The Morgan fingerprint density at radius 2 is 2.08 bits per heavy atom. The molecule has 2 aromatic heterocycles. The van der Waals surface area contributed by atoms with Gasteiger partial charge in [0.25, 0.3) is 5.91 Å². The van der Waals surface area contributed by atoms with Crippen molar-refractivity contribution in [3.63, 3.8) is 0 Å². The maximum Gasteiger partial charge on any atom is 0.264 e. The van der Waals surface area contributed by atoms with E-state index in [-0.39, 0.29) is 12.5 Å². The summed E-state index contributed by atoms with van der Waals surface area (Å²) in [6, 6.07) is 11.2. The van der Waals surface area contributed by atoms with Gasteiger partial charge in [-0.05, 0) is 42.2 Å². The maximum atomic E-state index is 12.2. The van der Waals surface area contributed by atoms with Gasteiger partial charge in [-0.25, -0.2) is 4.98 Å². The minimum absolute atomic E-state index is 0.164. The van der Waals surface area contributed by atoms with Gasteiger partial charge in [-0.3, -0.25) is 4.79 Å². The summed E-state index contributed by atoms with van der Waals surface area (Å²) in [6.45, 7) is 1.48. The summed E-state index contributed by atoms with van der Waals surface area (Å²) in [7, 11) is 0. The van der Waals surface area contributed by atoms with Crippen molar-refractivity contribution in [2.24, 2.45) is 0 Å². The van der Waals surface area contributed by atoms with Crippen LogP contribution in [-0.2, 0) is 4.79 Å². The first-order valence-corrected chi connectivity index (χ1v) is 9.19. The number of carbonyl (C=O) groups excluding carboxylic acids is 1. The lowest BCUT2D eigenvalue weighted by Gasteiger charge is -2.25. The summed E-state index contributed by atoms with van der Waals surface area (Å²) >= 11 is 1.37. The molecule has 134 valence electrons. The molecule has 0 spiro atoms. The van der Waals surface area contributed by atoms with Crippen LogP contribution < -0.4 is 20.1 Å². The molecule has 2 N–H and O–H groups in total. The molecule has 0 saturated carbocycles. The molecule has 0 saturated heterocycles. The Bertz CT molecular complexity index is 914. The van der Waals surface area contributed by atoms with Gasteiger partial charge in [-0.15, -0.1) is 0 Å². The number of anilines is 1. The highest BCUT2D eigenvalue weighted by Gasteiger charge is 2.26. The van der Waals surface area contributed by atoms with Crippen LogP contribution in [0.3, 0.4) is 0 Å². The molecular formula is C18H18N4O3S. The minimum atomic E-state index is -0.619. The quantitative estimate of drug-likeness (QED) is 0.649. The van der Waals surface area contributed by atoms with Crippen LogP contribution in [-0.4, -0.2) is 41.1 Å².